The lowest BCUT2D eigenvalue weighted by Gasteiger charge is -2.04. The molecule has 0 amide bonds. The van der Waals surface area contributed by atoms with Crippen LogP contribution in [0.25, 0.3) is 0 Å². The van der Waals surface area contributed by atoms with Crippen LogP contribution in [0.3, 0.4) is 0 Å². The first-order valence-corrected chi connectivity index (χ1v) is 5.70. The van der Waals surface area contributed by atoms with Crippen molar-refractivity contribution in [2.45, 2.75) is 19.9 Å². The molecular formula is C9H9Br2NO2. The van der Waals surface area contributed by atoms with Gasteiger partial charge in [-0.1, -0.05) is 6.92 Å². The van der Waals surface area contributed by atoms with Crippen molar-refractivity contribution in [2.24, 2.45) is 0 Å². The lowest BCUT2D eigenvalue weighted by molar-refractivity contribution is -0.119. The summed E-state index contributed by atoms with van der Waals surface area (Å²) < 4.78 is 2.61. The van der Waals surface area contributed by atoms with Gasteiger partial charge in [-0.3, -0.25) is 9.59 Å². The Morgan fingerprint density at radius 2 is 2.14 bits per heavy atom. The second-order valence-electron chi connectivity index (χ2n) is 2.83. The SMILES string of the molecule is CCC(=O)Cn1cc(Br)cc(Br)c1=O. The van der Waals surface area contributed by atoms with Crippen LogP contribution in [-0.4, -0.2) is 10.4 Å². The number of ketones is 1. The van der Waals surface area contributed by atoms with Gasteiger partial charge in [0, 0.05) is 17.1 Å². The zero-order valence-corrected chi connectivity index (χ0v) is 10.8. The summed E-state index contributed by atoms with van der Waals surface area (Å²) >= 11 is 6.39. The fourth-order valence-corrected chi connectivity index (χ4v) is 2.24. The predicted molar refractivity (Wildman–Crippen MR) is 61.4 cm³/mol. The molecule has 0 saturated heterocycles. The van der Waals surface area contributed by atoms with Gasteiger partial charge in [-0.05, 0) is 37.9 Å². The zero-order chi connectivity index (χ0) is 10.7. The molecule has 1 aromatic heterocycles. The van der Waals surface area contributed by atoms with Gasteiger partial charge in [-0.15, -0.1) is 0 Å². The molecule has 1 heterocycles. The first-order valence-electron chi connectivity index (χ1n) is 4.11. The molecule has 14 heavy (non-hydrogen) atoms. The zero-order valence-electron chi connectivity index (χ0n) is 7.59. The summed E-state index contributed by atoms with van der Waals surface area (Å²) in [6, 6.07) is 1.66. The third-order valence-electron chi connectivity index (χ3n) is 1.75. The Morgan fingerprint density at radius 1 is 1.50 bits per heavy atom. The smallest absolute Gasteiger partial charge is 0.265 e. The summed E-state index contributed by atoms with van der Waals surface area (Å²) in [6.45, 7) is 1.91. The van der Waals surface area contributed by atoms with Gasteiger partial charge >= 0.3 is 0 Å². The van der Waals surface area contributed by atoms with Gasteiger partial charge in [-0.25, -0.2) is 0 Å². The molecule has 0 spiro atoms. The molecule has 76 valence electrons. The molecule has 1 rings (SSSR count). The highest BCUT2D eigenvalue weighted by molar-refractivity contribution is 9.11. The summed E-state index contributed by atoms with van der Waals surface area (Å²) in [5.41, 5.74) is -0.185. The summed E-state index contributed by atoms with van der Waals surface area (Å²) in [5.74, 6) is 0.0390. The molecule has 1 aromatic rings. The van der Waals surface area contributed by atoms with Crippen LogP contribution in [0.1, 0.15) is 13.3 Å². The van der Waals surface area contributed by atoms with Crippen LogP contribution >= 0.6 is 31.9 Å². The number of aromatic nitrogens is 1. The van der Waals surface area contributed by atoms with Crippen molar-refractivity contribution >= 4 is 37.6 Å². The Bertz CT molecular complexity index is 412. The predicted octanol–water partition coefficient (Wildman–Crippen LogP) is 2.35. The second kappa shape index (κ2) is 4.89. The monoisotopic (exact) mass is 321 g/mol. The number of carbonyl (C=O) groups is 1. The molecule has 0 N–H and O–H groups in total. The summed E-state index contributed by atoms with van der Waals surface area (Å²) in [5, 5.41) is 0. The maximum atomic E-state index is 11.5. The minimum atomic E-state index is -0.185. The molecule has 0 fully saturated rings. The summed E-state index contributed by atoms with van der Waals surface area (Å²) in [4.78, 5) is 22.7. The number of pyridine rings is 1. The van der Waals surface area contributed by atoms with Crippen molar-refractivity contribution in [1.82, 2.24) is 4.57 Å². The number of Topliss-reactive ketones (excluding diaryl/α,β-unsaturated/α-hetero) is 1. The average Bonchev–Trinajstić information content (AvgIpc) is 2.13. The molecule has 0 atom stereocenters. The molecule has 0 radical (unpaired) electrons. The van der Waals surface area contributed by atoms with E-state index >= 15 is 0 Å². The highest BCUT2D eigenvalue weighted by Gasteiger charge is 2.06. The van der Waals surface area contributed by atoms with E-state index in [9.17, 15) is 9.59 Å². The van der Waals surface area contributed by atoms with E-state index in [2.05, 4.69) is 31.9 Å². The van der Waals surface area contributed by atoms with Gasteiger partial charge in [0.05, 0.1) is 11.0 Å². The van der Waals surface area contributed by atoms with Gasteiger partial charge < -0.3 is 4.57 Å². The van der Waals surface area contributed by atoms with Gasteiger partial charge in [-0.2, -0.15) is 0 Å². The average molecular weight is 323 g/mol. The Morgan fingerprint density at radius 3 is 2.71 bits per heavy atom. The molecule has 0 aliphatic carbocycles. The lowest BCUT2D eigenvalue weighted by atomic mass is 10.3. The highest BCUT2D eigenvalue weighted by atomic mass is 79.9. The standard InChI is InChI=1S/C9H9Br2NO2/c1-2-7(13)5-12-4-6(10)3-8(11)9(12)14/h3-4H,2,5H2,1H3. The van der Waals surface area contributed by atoms with Crippen molar-refractivity contribution < 1.29 is 4.79 Å². The van der Waals surface area contributed by atoms with Gasteiger partial charge in [0.1, 0.15) is 0 Å². The molecule has 0 bridgehead atoms. The van der Waals surface area contributed by atoms with E-state index in [0.29, 0.717) is 10.9 Å². The quantitative estimate of drug-likeness (QED) is 0.857. The third kappa shape index (κ3) is 2.78. The van der Waals surface area contributed by atoms with Crippen molar-refractivity contribution in [3.63, 3.8) is 0 Å². The number of rotatable bonds is 3. The molecule has 0 unspecified atom stereocenters. The second-order valence-corrected chi connectivity index (χ2v) is 4.60. The molecule has 5 heteroatoms. The van der Waals surface area contributed by atoms with Crippen molar-refractivity contribution in [3.8, 4) is 0 Å². The molecule has 0 aliphatic rings. The van der Waals surface area contributed by atoms with Crippen LogP contribution in [0.2, 0.25) is 0 Å². The van der Waals surface area contributed by atoms with E-state index in [4.69, 9.17) is 0 Å². The molecule has 3 nitrogen and oxygen atoms in total. The van der Waals surface area contributed by atoms with Gasteiger partial charge in [0.25, 0.3) is 5.56 Å². The van der Waals surface area contributed by atoms with Crippen LogP contribution in [0.4, 0.5) is 0 Å². The van der Waals surface area contributed by atoms with Crippen molar-refractivity contribution in [1.29, 1.82) is 0 Å². The molecule has 0 aliphatic heterocycles. The van der Waals surface area contributed by atoms with Crippen LogP contribution in [-0.2, 0) is 11.3 Å². The third-order valence-corrected chi connectivity index (χ3v) is 2.75. The lowest BCUT2D eigenvalue weighted by Crippen LogP contribution is -2.23. The fraction of sp³-hybridized carbons (Fsp3) is 0.333. The maximum Gasteiger partial charge on any atom is 0.265 e. The van der Waals surface area contributed by atoms with E-state index in [1.807, 2.05) is 0 Å². The first kappa shape index (κ1) is 11.7. The van der Waals surface area contributed by atoms with E-state index < -0.39 is 0 Å². The van der Waals surface area contributed by atoms with Crippen molar-refractivity contribution in [2.75, 3.05) is 0 Å². The largest absolute Gasteiger partial charge is 0.306 e. The fourth-order valence-electron chi connectivity index (χ4n) is 0.984. The van der Waals surface area contributed by atoms with Crippen LogP contribution in [0.5, 0.6) is 0 Å². The van der Waals surface area contributed by atoms with E-state index in [-0.39, 0.29) is 17.9 Å². The van der Waals surface area contributed by atoms with Crippen LogP contribution in [0.15, 0.2) is 26.0 Å². The Hall–Kier alpha value is -0.420. The number of carbonyl (C=O) groups excluding carboxylic acids is 1. The Balaban J connectivity index is 3.09. The first-order chi connectivity index (χ1) is 6.54. The molecule has 0 saturated carbocycles. The number of halogens is 2. The molecular weight excluding hydrogens is 314 g/mol. The Labute approximate surface area is 98.4 Å². The maximum absolute atomic E-state index is 11.5. The van der Waals surface area contributed by atoms with E-state index in [1.54, 1.807) is 19.2 Å². The summed E-state index contributed by atoms with van der Waals surface area (Å²) in [6.07, 6.45) is 2.05. The Kier molecular flexibility index (Phi) is 4.07. The molecule has 0 aromatic carbocycles. The van der Waals surface area contributed by atoms with Crippen LogP contribution in [0, 0.1) is 0 Å². The van der Waals surface area contributed by atoms with E-state index in [1.165, 1.54) is 4.57 Å². The number of hydrogen-bond donors (Lipinski definition) is 0. The van der Waals surface area contributed by atoms with E-state index in [0.717, 1.165) is 4.47 Å². The minimum Gasteiger partial charge on any atom is -0.306 e. The van der Waals surface area contributed by atoms with Gasteiger partial charge in [0.15, 0.2) is 5.78 Å². The van der Waals surface area contributed by atoms with Crippen LogP contribution < -0.4 is 5.56 Å². The summed E-state index contributed by atoms with van der Waals surface area (Å²) in [7, 11) is 0. The number of nitrogens with zero attached hydrogens (tertiary/aromatic N) is 1. The van der Waals surface area contributed by atoms with Gasteiger partial charge in [0.2, 0.25) is 0 Å². The highest BCUT2D eigenvalue weighted by Crippen LogP contribution is 2.12. The topological polar surface area (TPSA) is 39.1 Å². The normalized spacial score (nSPS) is 10.2. The minimum absolute atomic E-state index is 0.0390. The number of hydrogen-bond acceptors (Lipinski definition) is 2. The van der Waals surface area contributed by atoms with Crippen molar-refractivity contribution in [3.05, 3.63) is 31.6 Å².